The van der Waals surface area contributed by atoms with Gasteiger partial charge < -0.3 is 9.57 Å². The molecule has 2 fully saturated rings. The molecule has 0 saturated heterocycles. The second kappa shape index (κ2) is 7.62. The summed E-state index contributed by atoms with van der Waals surface area (Å²) in [6, 6.07) is 15.7. The second-order valence-corrected chi connectivity index (χ2v) is 9.15. The van der Waals surface area contributed by atoms with Crippen molar-refractivity contribution in [1.29, 1.82) is 0 Å². The van der Waals surface area contributed by atoms with Gasteiger partial charge in [-0.3, -0.25) is 4.79 Å². The van der Waals surface area contributed by atoms with Crippen molar-refractivity contribution in [2.45, 2.75) is 40.2 Å². The quantitative estimate of drug-likeness (QED) is 0.365. The van der Waals surface area contributed by atoms with Crippen molar-refractivity contribution in [3.63, 3.8) is 0 Å². The average Bonchev–Trinajstić information content (AvgIpc) is 3.59. The van der Waals surface area contributed by atoms with E-state index in [4.69, 9.17) is 9.57 Å². The normalized spacial score (nSPS) is 23.6. The molecule has 5 nitrogen and oxygen atoms in total. The molecule has 4 rings (SSSR count). The fourth-order valence-electron chi connectivity index (χ4n) is 3.63. The van der Waals surface area contributed by atoms with Gasteiger partial charge in [0.25, 0.3) is 0 Å². The fraction of sp³-hybridized carbons (Fsp3) is 0.458. The van der Waals surface area contributed by atoms with Crippen LogP contribution in [0.2, 0.25) is 0 Å². The van der Waals surface area contributed by atoms with Gasteiger partial charge in [0, 0.05) is 23.1 Å². The number of benzene rings is 1. The van der Waals surface area contributed by atoms with Gasteiger partial charge >= 0.3 is 5.97 Å². The highest BCUT2D eigenvalue weighted by Crippen LogP contribution is 2.57. The Hall–Kier alpha value is -2.69. The van der Waals surface area contributed by atoms with Crippen LogP contribution in [0.1, 0.15) is 39.3 Å². The van der Waals surface area contributed by atoms with Crippen molar-refractivity contribution in [3.05, 3.63) is 54.2 Å². The molecule has 1 heterocycles. The number of esters is 1. The van der Waals surface area contributed by atoms with Crippen LogP contribution in [0.25, 0.3) is 11.3 Å². The third kappa shape index (κ3) is 4.50. The van der Waals surface area contributed by atoms with Gasteiger partial charge in [-0.2, -0.15) is 0 Å². The maximum absolute atomic E-state index is 12.6. The lowest BCUT2D eigenvalue weighted by atomic mass is 10.1. The molecule has 0 radical (unpaired) electrons. The first-order valence-electron chi connectivity index (χ1n) is 10.2. The maximum atomic E-state index is 12.6. The van der Waals surface area contributed by atoms with Crippen molar-refractivity contribution in [2.75, 3.05) is 6.61 Å². The molecule has 0 spiro atoms. The van der Waals surface area contributed by atoms with Crippen LogP contribution in [-0.4, -0.2) is 23.8 Å². The molecule has 0 N–H and O–H groups in total. The Balaban J connectivity index is 1.31. The Labute approximate surface area is 172 Å². The van der Waals surface area contributed by atoms with Gasteiger partial charge in [0.15, 0.2) is 0 Å². The number of oxime groups is 1. The summed E-state index contributed by atoms with van der Waals surface area (Å²) in [5, 5.41) is 4.11. The molecule has 1 aromatic carbocycles. The van der Waals surface area contributed by atoms with Gasteiger partial charge in [-0.1, -0.05) is 62.3 Å². The molecule has 5 heteroatoms. The molecule has 29 heavy (non-hydrogen) atoms. The SMILES string of the molecule is CC1(CON=CC2C(C(=O)OCc3cccc(-c4ccccc4)n3)C2(C)C)CC1. The Bertz CT molecular complexity index is 903. The monoisotopic (exact) mass is 392 g/mol. The van der Waals surface area contributed by atoms with E-state index in [-0.39, 0.29) is 29.8 Å². The number of nitrogens with zero attached hydrogens (tertiary/aromatic N) is 2. The molecule has 0 aliphatic heterocycles. The van der Waals surface area contributed by atoms with Crippen molar-refractivity contribution in [2.24, 2.45) is 27.8 Å². The summed E-state index contributed by atoms with van der Waals surface area (Å²) in [5.41, 5.74) is 2.80. The summed E-state index contributed by atoms with van der Waals surface area (Å²) in [7, 11) is 0. The van der Waals surface area contributed by atoms with Gasteiger partial charge in [-0.15, -0.1) is 0 Å². The predicted molar refractivity (Wildman–Crippen MR) is 112 cm³/mol. The van der Waals surface area contributed by atoms with E-state index in [0.717, 1.165) is 17.0 Å². The lowest BCUT2D eigenvalue weighted by molar-refractivity contribution is -0.147. The van der Waals surface area contributed by atoms with Crippen LogP contribution in [0.5, 0.6) is 0 Å². The predicted octanol–water partition coefficient (Wildman–Crippen LogP) is 4.87. The molecule has 2 atom stereocenters. The van der Waals surface area contributed by atoms with Gasteiger partial charge in [-0.05, 0) is 30.4 Å². The van der Waals surface area contributed by atoms with E-state index >= 15 is 0 Å². The molecular weight excluding hydrogens is 364 g/mol. The molecule has 1 aromatic heterocycles. The van der Waals surface area contributed by atoms with Crippen LogP contribution >= 0.6 is 0 Å². The Kier molecular flexibility index (Phi) is 5.15. The van der Waals surface area contributed by atoms with Crippen LogP contribution in [0.15, 0.2) is 53.7 Å². The van der Waals surface area contributed by atoms with Gasteiger partial charge in [0.2, 0.25) is 0 Å². The number of carbonyl (C=O) groups is 1. The Morgan fingerprint density at radius 2 is 1.90 bits per heavy atom. The van der Waals surface area contributed by atoms with Gasteiger partial charge in [0.1, 0.15) is 13.2 Å². The van der Waals surface area contributed by atoms with Crippen molar-refractivity contribution in [1.82, 2.24) is 4.98 Å². The van der Waals surface area contributed by atoms with Crippen molar-refractivity contribution >= 4 is 12.2 Å². The summed E-state index contributed by atoms with van der Waals surface area (Å²) in [6.07, 6.45) is 4.17. The number of hydrogen-bond donors (Lipinski definition) is 0. The van der Waals surface area contributed by atoms with E-state index in [0.29, 0.717) is 12.0 Å². The fourth-order valence-corrected chi connectivity index (χ4v) is 3.63. The number of rotatable bonds is 8. The lowest BCUT2D eigenvalue weighted by Gasteiger charge is -2.07. The standard InChI is InChI=1S/C24H28N2O3/c1-23(2)19(14-25-29-16-24(3)12-13-24)21(23)22(27)28-15-18-10-7-11-20(26-18)17-8-5-4-6-9-17/h4-11,14,19,21H,12-13,15-16H2,1-3H3. The van der Waals surface area contributed by atoms with Crippen LogP contribution in [0.4, 0.5) is 0 Å². The van der Waals surface area contributed by atoms with E-state index in [1.54, 1.807) is 6.21 Å². The number of hydrogen-bond acceptors (Lipinski definition) is 5. The molecule has 2 aliphatic carbocycles. The van der Waals surface area contributed by atoms with E-state index < -0.39 is 0 Å². The molecule has 152 valence electrons. The summed E-state index contributed by atoms with van der Waals surface area (Å²) < 4.78 is 5.58. The lowest BCUT2D eigenvalue weighted by Crippen LogP contribution is -2.11. The first kappa shape index (κ1) is 19.6. The third-order valence-corrected chi connectivity index (χ3v) is 6.22. The number of aromatic nitrogens is 1. The molecule has 0 amide bonds. The number of ether oxygens (including phenoxy) is 1. The summed E-state index contributed by atoms with van der Waals surface area (Å²) in [4.78, 5) is 22.6. The van der Waals surface area contributed by atoms with Crippen molar-refractivity contribution < 1.29 is 14.4 Å². The van der Waals surface area contributed by atoms with E-state index in [1.807, 2.05) is 48.5 Å². The highest BCUT2D eigenvalue weighted by atomic mass is 16.6. The summed E-state index contributed by atoms with van der Waals surface area (Å²) >= 11 is 0. The van der Waals surface area contributed by atoms with Crippen LogP contribution in [0.3, 0.4) is 0 Å². The van der Waals surface area contributed by atoms with E-state index in [2.05, 4.69) is 30.9 Å². The molecule has 0 bridgehead atoms. The zero-order valence-electron chi connectivity index (χ0n) is 17.3. The van der Waals surface area contributed by atoms with E-state index in [1.165, 1.54) is 12.8 Å². The molecule has 2 unspecified atom stereocenters. The average molecular weight is 392 g/mol. The summed E-state index contributed by atoms with van der Waals surface area (Å²) in [6.45, 7) is 7.14. The van der Waals surface area contributed by atoms with Gasteiger partial charge in [-0.25, -0.2) is 4.98 Å². The van der Waals surface area contributed by atoms with Crippen LogP contribution < -0.4 is 0 Å². The molecule has 2 saturated carbocycles. The first-order valence-corrected chi connectivity index (χ1v) is 10.2. The number of carbonyl (C=O) groups excluding carboxylic acids is 1. The largest absolute Gasteiger partial charge is 0.459 e. The molecular formula is C24H28N2O3. The molecule has 2 aliphatic rings. The van der Waals surface area contributed by atoms with Gasteiger partial charge in [0.05, 0.1) is 17.3 Å². The Morgan fingerprint density at radius 3 is 2.62 bits per heavy atom. The highest BCUT2D eigenvalue weighted by Gasteiger charge is 2.62. The summed E-state index contributed by atoms with van der Waals surface area (Å²) in [5.74, 6) is -0.346. The third-order valence-electron chi connectivity index (χ3n) is 6.22. The number of pyridine rings is 1. The zero-order chi connectivity index (χ0) is 20.5. The minimum Gasteiger partial charge on any atom is -0.459 e. The second-order valence-electron chi connectivity index (χ2n) is 9.15. The van der Waals surface area contributed by atoms with Crippen molar-refractivity contribution in [3.8, 4) is 11.3 Å². The molecule has 2 aromatic rings. The minimum atomic E-state index is -0.201. The van der Waals surface area contributed by atoms with Crippen LogP contribution in [0, 0.1) is 22.7 Å². The first-order chi connectivity index (χ1) is 13.9. The zero-order valence-corrected chi connectivity index (χ0v) is 17.3. The highest BCUT2D eigenvalue weighted by molar-refractivity contribution is 5.85. The Morgan fingerprint density at radius 1 is 1.14 bits per heavy atom. The maximum Gasteiger partial charge on any atom is 0.310 e. The van der Waals surface area contributed by atoms with E-state index in [9.17, 15) is 4.79 Å². The smallest absolute Gasteiger partial charge is 0.310 e. The van der Waals surface area contributed by atoms with Crippen LogP contribution in [-0.2, 0) is 21.0 Å². The minimum absolute atomic E-state index is 0.0469. The topological polar surface area (TPSA) is 60.8 Å².